The van der Waals surface area contributed by atoms with Crippen LogP contribution in [0.3, 0.4) is 0 Å². The SMILES string of the molecule is Cc1cc(NC(=O)Cn2c(=O)cc(C)n3c(C)nnc23)n[nH]1. The Kier molecular flexibility index (Phi) is 3.24. The van der Waals surface area contributed by atoms with Crippen LogP contribution in [0.1, 0.15) is 17.2 Å². The van der Waals surface area contributed by atoms with E-state index in [0.29, 0.717) is 17.4 Å². The number of hydrogen-bond donors (Lipinski definition) is 2. The van der Waals surface area contributed by atoms with Gasteiger partial charge in [-0.25, -0.2) is 0 Å². The van der Waals surface area contributed by atoms with E-state index in [9.17, 15) is 9.59 Å². The van der Waals surface area contributed by atoms with Gasteiger partial charge in [-0.1, -0.05) is 0 Å². The van der Waals surface area contributed by atoms with Gasteiger partial charge >= 0.3 is 0 Å². The van der Waals surface area contributed by atoms with E-state index < -0.39 is 0 Å². The van der Waals surface area contributed by atoms with Crippen LogP contribution in [-0.2, 0) is 11.3 Å². The van der Waals surface area contributed by atoms with E-state index >= 15 is 0 Å². The van der Waals surface area contributed by atoms with Crippen molar-refractivity contribution in [1.82, 2.24) is 29.4 Å². The van der Waals surface area contributed by atoms with Crippen molar-refractivity contribution in [3.63, 3.8) is 0 Å². The molecule has 3 aromatic rings. The van der Waals surface area contributed by atoms with Crippen molar-refractivity contribution < 1.29 is 4.79 Å². The van der Waals surface area contributed by atoms with Gasteiger partial charge in [0.15, 0.2) is 5.82 Å². The fourth-order valence-electron chi connectivity index (χ4n) is 2.32. The molecule has 3 heterocycles. The molecule has 0 aliphatic carbocycles. The molecule has 0 aliphatic rings. The first-order valence-corrected chi connectivity index (χ1v) is 6.70. The number of nitrogens with one attached hydrogen (secondary N) is 2. The van der Waals surface area contributed by atoms with Gasteiger partial charge in [-0.3, -0.25) is 23.7 Å². The first-order valence-electron chi connectivity index (χ1n) is 6.70. The maximum absolute atomic E-state index is 12.1. The Bertz CT molecular complexity index is 918. The van der Waals surface area contributed by atoms with Crippen LogP contribution in [0.25, 0.3) is 5.78 Å². The summed E-state index contributed by atoms with van der Waals surface area (Å²) >= 11 is 0. The summed E-state index contributed by atoms with van der Waals surface area (Å²) in [6.45, 7) is 5.25. The lowest BCUT2D eigenvalue weighted by Gasteiger charge is -2.08. The Hall–Kier alpha value is -2.97. The monoisotopic (exact) mass is 301 g/mol. The van der Waals surface area contributed by atoms with E-state index in [0.717, 1.165) is 11.4 Å². The normalized spacial score (nSPS) is 11.0. The predicted octanol–water partition coefficient (Wildman–Crippen LogP) is 0.178. The number of H-pyrrole nitrogens is 1. The number of hydrogen-bond acceptors (Lipinski definition) is 5. The topological polar surface area (TPSA) is 110 Å². The van der Waals surface area contributed by atoms with Crippen LogP contribution in [0.15, 0.2) is 16.9 Å². The van der Waals surface area contributed by atoms with Crippen LogP contribution in [0.5, 0.6) is 0 Å². The quantitative estimate of drug-likeness (QED) is 0.717. The zero-order valence-corrected chi connectivity index (χ0v) is 12.4. The number of amides is 1. The first kappa shape index (κ1) is 14.0. The second-order valence-electron chi connectivity index (χ2n) is 5.08. The molecule has 0 spiro atoms. The molecule has 114 valence electrons. The van der Waals surface area contributed by atoms with Crippen molar-refractivity contribution in [3.8, 4) is 0 Å². The third kappa shape index (κ3) is 2.36. The highest BCUT2D eigenvalue weighted by atomic mass is 16.2. The fourth-order valence-corrected chi connectivity index (χ4v) is 2.32. The summed E-state index contributed by atoms with van der Waals surface area (Å²) in [6.07, 6.45) is 0. The third-order valence-corrected chi connectivity index (χ3v) is 3.28. The van der Waals surface area contributed by atoms with E-state index in [4.69, 9.17) is 0 Å². The minimum absolute atomic E-state index is 0.160. The van der Waals surface area contributed by atoms with Crippen LogP contribution < -0.4 is 10.9 Å². The Balaban J connectivity index is 1.93. The van der Waals surface area contributed by atoms with E-state index in [1.54, 1.807) is 24.3 Å². The largest absolute Gasteiger partial charge is 0.308 e. The van der Waals surface area contributed by atoms with Gasteiger partial charge in [0.05, 0.1) is 0 Å². The molecule has 0 radical (unpaired) electrons. The van der Waals surface area contributed by atoms with Gasteiger partial charge in [-0.05, 0) is 20.8 Å². The molecule has 9 nitrogen and oxygen atoms in total. The number of fused-ring (bicyclic) bond motifs is 1. The van der Waals surface area contributed by atoms with Gasteiger partial charge in [-0.2, -0.15) is 5.10 Å². The molecule has 0 fully saturated rings. The Morgan fingerprint density at radius 1 is 1.27 bits per heavy atom. The standard InChI is InChI=1S/C13H15N7O2/c1-7-4-10(17-15-7)14-11(21)6-19-12(22)5-8(2)20-9(3)16-18-13(19)20/h4-5H,6H2,1-3H3,(H2,14,15,17,21). The van der Waals surface area contributed by atoms with Crippen molar-refractivity contribution in [2.45, 2.75) is 27.3 Å². The van der Waals surface area contributed by atoms with E-state index in [-0.39, 0.29) is 18.0 Å². The molecular weight excluding hydrogens is 286 g/mol. The van der Waals surface area contributed by atoms with E-state index in [2.05, 4.69) is 25.7 Å². The molecule has 3 aromatic heterocycles. The third-order valence-electron chi connectivity index (χ3n) is 3.28. The summed E-state index contributed by atoms with van der Waals surface area (Å²) in [4.78, 5) is 24.2. The van der Waals surface area contributed by atoms with E-state index in [1.165, 1.54) is 10.6 Å². The van der Waals surface area contributed by atoms with Crippen LogP contribution in [0, 0.1) is 20.8 Å². The Morgan fingerprint density at radius 3 is 2.73 bits per heavy atom. The number of rotatable bonds is 3. The summed E-state index contributed by atoms with van der Waals surface area (Å²) in [5.41, 5.74) is 1.26. The molecule has 2 N–H and O–H groups in total. The second-order valence-corrected chi connectivity index (χ2v) is 5.08. The molecular formula is C13H15N7O2. The van der Waals surface area contributed by atoms with Crippen molar-refractivity contribution >= 4 is 17.5 Å². The van der Waals surface area contributed by atoms with Crippen LogP contribution in [0.4, 0.5) is 5.82 Å². The number of aromatic nitrogens is 6. The van der Waals surface area contributed by atoms with Gasteiger partial charge in [0.1, 0.15) is 12.4 Å². The highest BCUT2D eigenvalue weighted by Crippen LogP contribution is 2.07. The molecule has 3 rings (SSSR count). The Morgan fingerprint density at radius 2 is 2.05 bits per heavy atom. The molecule has 0 atom stereocenters. The van der Waals surface area contributed by atoms with Crippen molar-refractivity contribution in [3.05, 3.63) is 39.7 Å². The summed E-state index contributed by atoms with van der Waals surface area (Å²) in [7, 11) is 0. The second kappa shape index (κ2) is 5.10. The van der Waals surface area contributed by atoms with Crippen LogP contribution in [0.2, 0.25) is 0 Å². The summed E-state index contributed by atoms with van der Waals surface area (Å²) < 4.78 is 3.01. The van der Waals surface area contributed by atoms with Crippen molar-refractivity contribution in [2.75, 3.05) is 5.32 Å². The molecule has 0 saturated carbocycles. The van der Waals surface area contributed by atoms with Gasteiger partial charge in [0.2, 0.25) is 11.7 Å². The molecule has 0 saturated heterocycles. The van der Waals surface area contributed by atoms with Gasteiger partial charge in [0.25, 0.3) is 5.56 Å². The zero-order valence-electron chi connectivity index (χ0n) is 12.4. The Labute approximate surface area is 125 Å². The fraction of sp³-hybridized carbons (Fsp3) is 0.308. The van der Waals surface area contributed by atoms with Crippen molar-refractivity contribution in [1.29, 1.82) is 0 Å². The van der Waals surface area contributed by atoms with Gasteiger partial charge < -0.3 is 5.32 Å². The summed E-state index contributed by atoms with van der Waals surface area (Å²) in [5.74, 6) is 1.05. The molecule has 1 amide bonds. The first-order chi connectivity index (χ1) is 10.5. The van der Waals surface area contributed by atoms with Crippen LogP contribution >= 0.6 is 0 Å². The lowest BCUT2D eigenvalue weighted by Crippen LogP contribution is -2.29. The lowest BCUT2D eigenvalue weighted by atomic mass is 10.4. The smallest absolute Gasteiger partial charge is 0.255 e. The molecule has 0 bridgehead atoms. The van der Waals surface area contributed by atoms with Gasteiger partial charge in [-0.15, -0.1) is 10.2 Å². The summed E-state index contributed by atoms with van der Waals surface area (Å²) in [5, 5.41) is 17.2. The average Bonchev–Trinajstić information content (AvgIpc) is 3.01. The maximum atomic E-state index is 12.1. The number of aryl methyl sites for hydroxylation is 3. The molecule has 0 aromatic carbocycles. The number of anilines is 1. The molecule has 0 unspecified atom stereocenters. The van der Waals surface area contributed by atoms with Crippen LogP contribution in [-0.4, -0.2) is 35.3 Å². The number of carbonyl (C=O) groups is 1. The lowest BCUT2D eigenvalue weighted by molar-refractivity contribution is -0.116. The minimum atomic E-state index is -0.361. The predicted molar refractivity (Wildman–Crippen MR) is 78.7 cm³/mol. The average molecular weight is 301 g/mol. The minimum Gasteiger partial charge on any atom is -0.308 e. The number of nitrogens with zero attached hydrogens (tertiary/aromatic N) is 5. The molecule has 22 heavy (non-hydrogen) atoms. The van der Waals surface area contributed by atoms with Crippen molar-refractivity contribution in [2.24, 2.45) is 0 Å². The zero-order chi connectivity index (χ0) is 15.9. The highest BCUT2D eigenvalue weighted by Gasteiger charge is 2.14. The van der Waals surface area contributed by atoms with Gasteiger partial charge in [0, 0.05) is 23.5 Å². The molecule has 9 heteroatoms. The highest BCUT2D eigenvalue weighted by molar-refractivity contribution is 5.89. The maximum Gasteiger partial charge on any atom is 0.255 e. The van der Waals surface area contributed by atoms with E-state index in [1.807, 2.05) is 6.92 Å². The number of carbonyl (C=O) groups excluding carboxylic acids is 1. The number of aromatic amines is 1. The molecule has 0 aliphatic heterocycles. The summed E-state index contributed by atoms with van der Waals surface area (Å²) in [6, 6.07) is 3.15.